The SMILES string of the molecule is CCOc1c(OC)cc(C2NC(=O)NC(CC)=C2C(=O)OC)cc1[N+](=O)[O-]. The molecule has 0 fully saturated rings. The van der Waals surface area contributed by atoms with Crippen molar-refractivity contribution in [3.05, 3.63) is 39.1 Å². The van der Waals surface area contributed by atoms with Crippen molar-refractivity contribution < 1.29 is 28.7 Å². The summed E-state index contributed by atoms with van der Waals surface area (Å²) < 4.78 is 15.4. The van der Waals surface area contributed by atoms with Crippen LogP contribution in [0.3, 0.4) is 0 Å². The number of hydrogen-bond acceptors (Lipinski definition) is 7. The van der Waals surface area contributed by atoms with Gasteiger partial charge < -0.3 is 24.8 Å². The minimum absolute atomic E-state index is 0.0201. The van der Waals surface area contributed by atoms with Crippen LogP contribution in [0.4, 0.5) is 10.5 Å². The molecule has 10 heteroatoms. The number of esters is 1. The Hall–Kier alpha value is -3.30. The fraction of sp³-hybridized carbons (Fsp3) is 0.412. The van der Waals surface area contributed by atoms with Crippen LogP contribution in [-0.2, 0) is 9.53 Å². The first kappa shape index (κ1) is 20.0. The maximum atomic E-state index is 12.3. The average Bonchev–Trinajstić information content (AvgIpc) is 2.66. The van der Waals surface area contributed by atoms with Gasteiger partial charge in [0.05, 0.1) is 37.4 Å². The van der Waals surface area contributed by atoms with Crippen molar-refractivity contribution in [2.24, 2.45) is 0 Å². The monoisotopic (exact) mass is 379 g/mol. The van der Waals surface area contributed by atoms with Crippen molar-refractivity contribution in [3.63, 3.8) is 0 Å². The highest BCUT2D eigenvalue weighted by Gasteiger charge is 2.35. The Kier molecular flexibility index (Phi) is 6.22. The van der Waals surface area contributed by atoms with Crippen LogP contribution in [0.5, 0.6) is 11.5 Å². The largest absolute Gasteiger partial charge is 0.493 e. The Morgan fingerprint density at radius 1 is 1.30 bits per heavy atom. The lowest BCUT2D eigenvalue weighted by atomic mass is 9.93. The molecule has 2 rings (SSSR count). The quantitative estimate of drug-likeness (QED) is 0.422. The number of methoxy groups -OCH3 is 2. The molecule has 2 N–H and O–H groups in total. The summed E-state index contributed by atoms with van der Waals surface area (Å²) in [4.78, 5) is 35.2. The molecule has 0 radical (unpaired) electrons. The van der Waals surface area contributed by atoms with E-state index >= 15 is 0 Å². The van der Waals surface area contributed by atoms with Crippen LogP contribution in [0, 0.1) is 10.1 Å². The van der Waals surface area contributed by atoms with Crippen LogP contribution in [0.1, 0.15) is 31.9 Å². The molecule has 0 saturated carbocycles. The zero-order valence-corrected chi connectivity index (χ0v) is 15.5. The van der Waals surface area contributed by atoms with Crippen LogP contribution < -0.4 is 20.1 Å². The number of nitrogens with zero attached hydrogens (tertiary/aromatic N) is 1. The van der Waals surface area contributed by atoms with Gasteiger partial charge in [0.25, 0.3) is 0 Å². The zero-order valence-electron chi connectivity index (χ0n) is 15.5. The third kappa shape index (κ3) is 3.94. The van der Waals surface area contributed by atoms with Crippen LogP contribution >= 0.6 is 0 Å². The minimum Gasteiger partial charge on any atom is -0.493 e. The lowest BCUT2D eigenvalue weighted by Crippen LogP contribution is -2.45. The number of allylic oxidation sites excluding steroid dienone is 1. The highest BCUT2D eigenvalue weighted by molar-refractivity contribution is 5.95. The summed E-state index contributed by atoms with van der Waals surface area (Å²) in [6, 6.07) is 1.27. The molecule has 1 heterocycles. The van der Waals surface area contributed by atoms with E-state index in [1.165, 1.54) is 26.4 Å². The number of benzene rings is 1. The molecule has 0 aromatic heterocycles. The number of nitro benzene ring substituents is 1. The summed E-state index contributed by atoms with van der Waals surface area (Å²) in [6.45, 7) is 3.66. The Morgan fingerprint density at radius 2 is 2.00 bits per heavy atom. The van der Waals surface area contributed by atoms with E-state index in [0.29, 0.717) is 17.7 Å². The van der Waals surface area contributed by atoms with E-state index in [1.807, 2.05) is 0 Å². The molecule has 0 bridgehead atoms. The van der Waals surface area contributed by atoms with E-state index in [9.17, 15) is 19.7 Å². The molecule has 1 aromatic rings. The van der Waals surface area contributed by atoms with E-state index in [0.717, 1.165) is 0 Å². The molecule has 0 saturated heterocycles. The molecule has 1 atom stereocenters. The Morgan fingerprint density at radius 3 is 2.52 bits per heavy atom. The maximum Gasteiger partial charge on any atom is 0.337 e. The van der Waals surface area contributed by atoms with Crippen molar-refractivity contribution in [3.8, 4) is 11.5 Å². The van der Waals surface area contributed by atoms with Gasteiger partial charge in [-0.25, -0.2) is 9.59 Å². The number of amides is 2. The van der Waals surface area contributed by atoms with E-state index in [4.69, 9.17) is 14.2 Å². The number of carbonyl (C=O) groups excluding carboxylic acids is 2. The van der Waals surface area contributed by atoms with Gasteiger partial charge >= 0.3 is 17.7 Å². The molecule has 146 valence electrons. The number of carbonyl (C=O) groups is 2. The van der Waals surface area contributed by atoms with E-state index in [2.05, 4.69) is 10.6 Å². The van der Waals surface area contributed by atoms with Gasteiger partial charge in [0, 0.05) is 11.8 Å². The second-order valence-electron chi connectivity index (χ2n) is 5.53. The molecular formula is C17H21N3O7. The lowest BCUT2D eigenvalue weighted by molar-refractivity contribution is -0.386. The summed E-state index contributed by atoms with van der Waals surface area (Å²) in [6.07, 6.45) is 0.366. The first-order valence-electron chi connectivity index (χ1n) is 8.25. The van der Waals surface area contributed by atoms with Crippen LogP contribution in [-0.4, -0.2) is 37.8 Å². The van der Waals surface area contributed by atoms with Crippen LogP contribution in [0.15, 0.2) is 23.4 Å². The highest BCUT2D eigenvalue weighted by atomic mass is 16.6. The first-order chi connectivity index (χ1) is 12.9. The summed E-state index contributed by atoms with van der Waals surface area (Å²) in [5, 5.41) is 16.7. The van der Waals surface area contributed by atoms with Gasteiger partial charge in [-0.1, -0.05) is 6.92 Å². The van der Waals surface area contributed by atoms with Crippen LogP contribution in [0.25, 0.3) is 0 Å². The summed E-state index contributed by atoms with van der Waals surface area (Å²) in [5.41, 5.74) is 0.510. The van der Waals surface area contributed by atoms with Crippen molar-refractivity contribution >= 4 is 17.7 Å². The van der Waals surface area contributed by atoms with Gasteiger partial charge in [0.1, 0.15) is 0 Å². The summed E-state index contributed by atoms with van der Waals surface area (Å²) in [5.74, 6) is -0.552. The van der Waals surface area contributed by atoms with Gasteiger partial charge in [-0.05, 0) is 25.0 Å². The number of nitro groups is 1. The van der Waals surface area contributed by atoms with Crippen molar-refractivity contribution in [2.75, 3.05) is 20.8 Å². The molecular weight excluding hydrogens is 358 g/mol. The fourth-order valence-corrected chi connectivity index (χ4v) is 2.85. The van der Waals surface area contributed by atoms with Gasteiger partial charge in [0.15, 0.2) is 5.75 Å². The Balaban J connectivity index is 2.70. The Bertz CT molecular complexity index is 804. The number of hydrogen-bond donors (Lipinski definition) is 2. The molecule has 1 unspecified atom stereocenters. The highest BCUT2D eigenvalue weighted by Crippen LogP contribution is 2.41. The Labute approximate surface area is 155 Å². The predicted octanol–water partition coefficient (Wildman–Crippen LogP) is 2.19. The fourth-order valence-electron chi connectivity index (χ4n) is 2.85. The second kappa shape index (κ2) is 8.39. The molecule has 2 amide bonds. The lowest BCUT2D eigenvalue weighted by Gasteiger charge is -2.29. The van der Waals surface area contributed by atoms with Crippen molar-refractivity contribution in [2.45, 2.75) is 26.3 Å². The molecule has 27 heavy (non-hydrogen) atoms. The standard InChI is InChI=1S/C17H21N3O7/c1-5-10-13(16(21)26-4)14(19-17(22)18-10)9-7-11(20(23)24)15(27-6-2)12(8-9)25-3/h7-8,14H,5-6H2,1-4H3,(H2,18,19,22). The summed E-state index contributed by atoms with van der Waals surface area (Å²) >= 11 is 0. The molecule has 0 spiro atoms. The predicted molar refractivity (Wildman–Crippen MR) is 94.6 cm³/mol. The van der Waals surface area contributed by atoms with Crippen molar-refractivity contribution in [1.82, 2.24) is 10.6 Å². The van der Waals surface area contributed by atoms with E-state index < -0.39 is 23.0 Å². The van der Waals surface area contributed by atoms with Gasteiger partial charge in [-0.15, -0.1) is 0 Å². The first-order valence-corrected chi connectivity index (χ1v) is 8.25. The smallest absolute Gasteiger partial charge is 0.337 e. The third-order valence-corrected chi connectivity index (χ3v) is 4.01. The second-order valence-corrected chi connectivity index (χ2v) is 5.53. The number of nitrogens with one attached hydrogen (secondary N) is 2. The molecule has 0 aliphatic carbocycles. The summed E-state index contributed by atoms with van der Waals surface area (Å²) in [7, 11) is 2.57. The van der Waals surface area contributed by atoms with E-state index in [1.54, 1.807) is 13.8 Å². The van der Waals surface area contributed by atoms with Gasteiger partial charge in [-0.3, -0.25) is 10.1 Å². The topological polar surface area (TPSA) is 129 Å². The van der Waals surface area contributed by atoms with Crippen molar-refractivity contribution in [1.29, 1.82) is 0 Å². The maximum absolute atomic E-state index is 12.3. The number of urea groups is 1. The zero-order chi connectivity index (χ0) is 20.1. The van der Waals surface area contributed by atoms with Gasteiger partial charge in [-0.2, -0.15) is 0 Å². The molecule has 1 aliphatic heterocycles. The average molecular weight is 379 g/mol. The number of ether oxygens (including phenoxy) is 3. The third-order valence-electron chi connectivity index (χ3n) is 4.01. The van der Waals surface area contributed by atoms with Gasteiger partial charge in [0.2, 0.25) is 5.75 Å². The molecule has 1 aromatic carbocycles. The molecule has 1 aliphatic rings. The normalized spacial score (nSPS) is 16.3. The van der Waals surface area contributed by atoms with E-state index in [-0.39, 0.29) is 29.4 Å². The minimum atomic E-state index is -0.940. The van der Waals surface area contributed by atoms with Crippen LogP contribution in [0.2, 0.25) is 0 Å². The molecule has 10 nitrogen and oxygen atoms in total. The number of rotatable bonds is 7.